The average Bonchev–Trinajstić information content (AvgIpc) is 2.46. The first-order valence-electron chi connectivity index (χ1n) is 6.46. The number of rotatable bonds is 4. The summed E-state index contributed by atoms with van der Waals surface area (Å²) in [4.78, 5) is 16.0. The molecule has 1 aliphatic rings. The summed E-state index contributed by atoms with van der Waals surface area (Å²) < 4.78 is 5.16. The van der Waals surface area contributed by atoms with E-state index in [0.717, 1.165) is 26.2 Å². The number of ether oxygens (including phenoxy) is 1. The Kier molecular flexibility index (Phi) is 4.59. The van der Waals surface area contributed by atoms with Crippen LogP contribution >= 0.6 is 0 Å². The summed E-state index contributed by atoms with van der Waals surface area (Å²) in [6, 6.07) is 10.3. The first kappa shape index (κ1) is 12.9. The van der Waals surface area contributed by atoms with E-state index in [2.05, 4.69) is 17.0 Å². The number of piperazine rings is 1. The lowest BCUT2D eigenvalue weighted by molar-refractivity contribution is -0.136. The van der Waals surface area contributed by atoms with Gasteiger partial charge < -0.3 is 14.5 Å². The van der Waals surface area contributed by atoms with E-state index in [9.17, 15) is 4.79 Å². The van der Waals surface area contributed by atoms with Crippen molar-refractivity contribution >= 4 is 11.6 Å². The summed E-state index contributed by atoms with van der Waals surface area (Å²) in [6.07, 6.45) is 0. The lowest BCUT2D eigenvalue weighted by atomic mass is 10.2. The average molecular weight is 248 g/mol. The maximum absolute atomic E-state index is 11.8. The van der Waals surface area contributed by atoms with E-state index < -0.39 is 0 Å². The second-order valence-electron chi connectivity index (χ2n) is 4.34. The lowest BCUT2D eigenvalue weighted by Gasteiger charge is -2.36. The normalized spacial score (nSPS) is 15.8. The summed E-state index contributed by atoms with van der Waals surface area (Å²) in [7, 11) is 0. The maximum atomic E-state index is 11.8. The summed E-state index contributed by atoms with van der Waals surface area (Å²) in [5.41, 5.74) is 1.23. The number of hydrogen-bond acceptors (Lipinski definition) is 3. The van der Waals surface area contributed by atoms with Crippen LogP contribution in [0.15, 0.2) is 30.3 Å². The summed E-state index contributed by atoms with van der Waals surface area (Å²) >= 11 is 0. The molecule has 0 aromatic heterocycles. The quantitative estimate of drug-likeness (QED) is 0.807. The molecule has 2 rings (SSSR count). The fourth-order valence-corrected chi connectivity index (χ4v) is 2.13. The number of carbonyl (C=O) groups is 1. The minimum Gasteiger partial charge on any atom is -0.372 e. The van der Waals surface area contributed by atoms with Gasteiger partial charge in [-0.15, -0.1) is 0 Å². The minimum atomic E-state index is 0.101. The third-order valence-corrected chi connectivity index (χ3v) is 3.18. The summed E-state index contributed by atoms with van der Waals surface area (Å²) in [5.74, 6) is 0.101. The highest BCUT2D eigenvalue weighted by molar-refractivity contribution is 5.77. The van der Waals surface area contributed by atoms with Crippen molar-refractivity contribution in [2.45, 2.75) is 6.92 Å². The van der Waals surface area contributed by atoms with Gasteiger partial charge in [0, 0.05) is 38.5 Å². The molecule has 1 amide bonds. The molecule has 1 fully saturated rings. The molecular weight excluding hydrogens is 228 g/mol. The van der Waals surface area contributed by atoms with Crippen LogP contribution in [0.3, 0.4) is 0 Å². The number of anilines is 1. The maximum Gasteiger partial charge on any atom is 0.248 e. The predicted molar refractivity (Wildman–Crippen MR) is 71.7 cm³/mol. The van der Waals surface area contributed by atoms with E-state index in [1.54, 1.807) is 0 Å². The monoisotopic (exact) mass is 248 g/mol. The molecule has 0 unspecified atom stereocenters. The number of benzene rings is 1. The molecule has 18 heavy (non-hydrogen) atoms. The molecule has 0 aliphatic carbocycles. The topological polar surface area (TPSA) is 32.8 Å². The molecule has 4 nitrogen and oxygen atoms in total. The van der Waals surface area contributed by atoms with Crippen molar-refractivity contribution in [2.75, 3.05) is 44.3 Å². The van der Waals surface area contributed by atoms with E-state index in [0.29, 0.717) is 6.61 Å². The van der Waals surface area contributed by atoms with Gasteiger partial charge >= 0.3 is 0 Å². The van der Waals surface area contributed by atoms with Crippen LogP contribution < -0.4 is 4.90 Å². The third-order valence-electron chi connectivity index (χ3n) is 3.18. The van der Waals surface area contributed by atoms with Crippen LogP contribution in [0.1, 0.15) is 6.92 Å². The highest BCUT2D eigenvalue weighted by atomic mass is 16.5. The van der Waals surface area contributed by atoms with Crippen molar-refractivity contribution < 1.29 is 9.53 Å². The summed E-state index contributed by atoms with van der Waals surface area (Å²) in [6.45, 7) is 6.05. The number of amides is 1. The molecule has 98 valence electrons. The fourth-order valence-electron chi connectivity index (χ4n) is 2.13. The van der Waals surface area contributed by atoms with E-state index in [-0.39, 0.29) is 12.5 Å². The van der Waals surface area contributed by atoms with Crippen molar-refractivity contribution in [3.05, 3.63) is 30.3 Å². The van der Waals surface area contributed by atoms with Gasteiger partial charge in [-0.3, -0.25) is 4.79 Å². The van der Waals surface area contributed by atoms with Gasteiger partial charge in [0.15, 0.2) is 0 Å². The standard InChI is InChI=1S/C14H20N2O2/c1-2-18-12-14(17)16-10-8-15(9-11-16)13-6-4-3-5-7-13/h3-7H,2,8-12H2,1H3. The molecule has 0 radical (unpaired) electrons. The van der Waals surface area contributed by atoms with Crippen LogP contribution in [0, 0.1) is 0 Å². The van der Waals surface area contributed by atoms with Gasteiger partial charge in [-0.05, 0) is 19.1 Å². The molecule has 0 atom stereocenters. The SMILES string of the molecule is CCOCC(=O)N1CCN(c2ccccc2)CC1. The van der Waals surface area contributed by atoms with Crippen LogP contribution in [0.4, 0.5) is 5.69 Å². The molecule has 1 heterocycles. The molecule has 0 N–H and O–H groups in total. The van der Waals surface area contributed by atoms with Crippen molar-refractivity contribution in [1.82, 2.24) is 4.90 Å². The van der Waals surface area contributed by atoms with Gasteiger partial charge in [-0.1, -0.05) is 18.2 Å². The fraction of sp³-hybridized carbons (Fsp3) is 0.500. The smallest absolute Gasteiger partial charge is 0.248 e. The Morgan fingerprint density at radius 2 is 1.83 bits per heavy atom. The van der Waals surface area contributed by atoms with E-state index in [4.69, 9.17) is 4.74 Å². The molecular formula is C14H20N2O2. The largest absolute Gasteiger partial charge is 0.372 e. The van der Waals surface area contributed by atoms with Crippen LogP contribution in [0.5, 0.6) is 0 Å². The van der Waals surface area contributed by atoms with Crippen LogP contribution in [-0.2, 0) is 9.53 Å². The Labute approximate surface area is 108 Å². The molecule has 0 bridgehead atoms. The van der Waals surface area contributed by atoms with Gasteiger partial charge in [-0.25, -0.2) is 0 Å². The second kappa shape index (κ2) is 6.40. The van der Waals surface area contributed by atoms with Crippen LogP contribution in [-0.4, -0.2) is 50.2 Å². The lowest BCUT2D eigenvalue weighted by Crippen LogP contribution is -2.49. The van der Waals surface area contributed by atoms with Crippen molar-refractivity contribution in [3.8, 4) is 0 Å². The molecule has 4 heteroatoms. The molecule has 1 aromatic carbocycles. The second-order valence-corrected chi connectivity index (χ2v) is 4.34. The molecule has 0 saturated carbocycles. The highest BCUT2D eigenvalue weighted by Crippen LogP contribution is 2.15. The first-order valence-corrected chi connectivity index (χ1v) is 6.46. The summed E-state index contributed by atoms with van der Waals surface area (Å²) in [5, 5.41) is 0. The highest BCUT2D eigenvalue weighted by Gasteiger charge is 2.20. The molecule has 1 saturated heterocycles. The van der Waals surface area contributed by atoms with E-state index in [1.165, 1.54) is 5.69 Å². The zero-order chi connectivity index (χ0) is 12.8. The number of hydrogen-bond donors (Lipinski definition) is 0. The Morgan fingerprint density at radius 3 is 2.44 bits per heavy atom. The first-order chi connectivity index (χ1) is 8.81. The number of nitrogens with zero attached hydrogens (tertiary/aromatic N) is 2. The zero-order valence-corrected chi connectivity index (χ0v) is 10.8. The van der Waals surface area contributed by atoms with Crippen LogP contribution in [0.2, 0.25) is 0 Å². The van der Waals surface area contributed by atoms with Crippen molar-refractivity contribution in [2.24, 2.45) is 0 Å². The van der Waals surface area contributed by atoms with Gasteiger partial charge in [0.25, 0.3) is 0 Å². The van der Waals surface area contributed by atoms with Crippen molar-refractivity contribution in [3.63, 3.8) is 0 Å². The van der Waals surface area contributed by atoms with Crippen LogP contribution in [0.25, 0.3) is 0 Å². The van der Waals surface area contributed by atoms with E-state index in [1.807, 2.05) is 30.0 Å². The zero-order valence-electron chi connectivity index (χ0n) is 10.8. The Hall–Kier alpha value is -1.55. The Bertz CT molecular complexity index is 373. The molecule has 0 spiro atoms. The van der Waals surface area contributed by atoms with Crippen molar-refractivity contribution in [1.29, 1.82) is 0 Å². The number of para-hydroxylation sites is 1. The molecule has 1 aromatic rings. The van der Waals surface area contributed by atoms with Gasteiger partial charge in [0.05, 0.1) is 0 Å². The van der Waals surface area contributed by atoms with Gasteiger partial charge in [0.2, 0.25) is 5.91 Å². The third kappa shape index (κ3) is 3.23. The van der Waals surface area contributed by atoms with Gasteiger partial charge in [-0.2, -0.15) is 0 Å². The minimum absolute atomic E-state index is 0.101. The Balaban J connectivity index is 1.83. The molecule has 1 aliphatic heterocycles. The predicted octanol–water partition coefficient (Wildman–Crippen LogP) is 1.37. The Morgan fingerprint density at radius 1 is 1.17 bits per heavy atom. The van der Waals surface area contributed by atoms with E-state index >= 15 is 0 Å². The van der Waals surface area contributed by atoms with Gasteiger partial charge in [0.1, 0.15) is 6.61 Å². The number of carbonyl (C=O) groups excluding carboxylic acids is 1.